The van der Waals surface area contributed by atoms with Gasteiger partial charge in [0.05, 0.1) is 5.02 Å². The molecule has 1 fully saturated rings. The van der Waals surface area contributed by atoms with Crippen LogP contribution in [0.4, 0.5) is 0 Å². The number of phenolic OH excluding ortho intramolecular Hbond substituents is 1. The third-order valence-electron chi connectivity index (χ3n) is 6.98. The Morgan fingerprint density at radius 3 is 2.29 bits per heavy atom. The van der Waals surface area contributed by atoms with Crippen molar-refractivity contribution in [1.82, 2.24) is 4.90 Å². The molecule has 2 aromatic carbocycles. The monoisotopic (exact) mass is 634 g/mol. The van der Waals surface area contributed by atoms with E-state index in [0.29, 0.717) is 22.7 Å². The number of halogens is 1. The summed E-state index contributed by atoms with van der Waals surface area (Å²) in [5, 5.41) is 10.1. The molecule has 41 heavy (non-hydrogen) atoms. The number of thiol groups is 1. The average Bonchev–Trinajstić information content (AvgIpc) is 3.47. The number of allylic oxidation sites excluding steroid dienone is 1. The number of hydrogen-bond donors (Lipinski definition) is 3. The van der Waals surface area contributed by atoms with E-state index in [-0.39, 0.29) is 13.2 Å². The van der Waals surface area contributed by atoms with E-state index >= 15 is 0 Å². The summed E-state index contributed by atoms with van der Waals surface area (Å²) in [5.74, 6) is 6.77. The molecule has 1 heterocycles. The van der Waals surface area contributed by atoms with Crippen LogP contribution in [-0.4, -0.2) is 27.6 Å². The Morgan fingerprint density at radius 2 is 1.71 bits per heavy atom. The summed E-state index contributed by atoms with van der Waals surface area (Å²) in [6, 6.07) is 13.1. The van der Waals surface area contributed by atoms with Crippen LogP contribution in [0.2, 0.25) is 5.02 Å². The van der Waals surface area contributed by atoms with Crippen LogP contribution in [0.5, 0.6) is 5.75 Å². The molecule has 4 N–H and O–H groups in total. The van der Waals surface area contributed by atoms with Gasteiger partial charge in [0.2, 0.25) is 0 Å². The molecular weight excluding hydrogens is 586 g/mol. The standard InChI is InChI=1S/C23H32ClNO.C10H13N2S.CH4.Cr/c1-23(2,16-19-25-17-9-10-18-25)15-8-6-4-3-5-7-12-20-13-11-14-21(26)22(20)24;1-7(12)10(13)9-4-2-8(6-11)3-5-9;;/h11,13-14,26H,5-10,12,15-18H2,1-2H3;2-5,11,13H,6,12H2,1H3;1H4;/q;-1;;/b;10-7-;;. The quantitative estimate of drug-likeness (QED) is 0.131. The number of benzene rings is 2. The summed E-state index contributed by atoms with van der Waals surface area (Å²) in [6.07, 6.45) is 9.86. The van der Waals surface area contributed by atoms with Crippen molar-refractivity contribution in [2.24, 2.45) is 11.1 Å². The first-order valence-electron chi connectivity index (χ1n) is 14.1. The minimum atomic E-state index is 0. The van der Waals surface area contributed by atoms with Crippen molar-refractivity contribution >= 4 is 33.6 Å². The van der Waals surface area contributed by atoms with Gasteiger partial charge >= 0.3 is 133 Å². The number of nitrogens with one attached hydrogen (secondary N) is 1. The number of phenols is 1. The van der Waals surface area contributed by atoms with E-state index in [1.165, 1.54) is 36.9 Å². The van der Waals surface area contributed by atoms with Crippen LogP contribution in [0.15, 0.2) is 48.2 Å². The van der Waals surface area contributed by atoms with E-state index in [2.05, 4.69) is 59.1 Å². The van der Waals surface area contributed by atoms with E-state index in [0.717, 1.165) is 60.1 Å². The molecule has 0 aliphatic carbocycles. The van der Waals surface area contributed by atoms with Gasteiger partial charge in [0.15, 0.2) is 0 Å². The minimum absolute atomic E-state index is 0. The molecule has 0 radical (unpaired) electrons. The fraction of sp³-hybridized carbons (Fsp3) is 0.500. The van der Waals surface area contributed by atoms with Gasteiger partial charge in [-0.15, -0.1) is 19.2 Å². The Bertz CT molecular complexity index is 1170. The number of nitrogens with zero attached hydrogens (tertiary/aromatic N) is 1. The van der Waals surface area contributed by atoms with Gasteiger partial charge in [0.1, 0.15) is 5.75 Å². The summed E-state index contributed by atoms with van der Waals surface area (Å²) in [7, 11) is 0. The summed E-state index contributed by atoms with van der Waals surface area (Å²) in [6.45, 7) is 9.31. The second-order valence-corrected chi connectivity index (χ2v) is 12.7. The zero-order chi connectivity index (χ0) is 29.5. The van der Waals surface area contributed by atoms with Crippen molar-refractivity contribution in [1.29, 1.82) is 0 Å². The van der Waals surface area contributed by atoms with Crippen LogP contribution >= 0.6 is 24.2 Å². The zero-order valence-electron chi connectivity index (χ0n) is 24.2. The molecule has 0 unspecified atom stereocenters. The second-order valence-electron chi connectivity index (χ2n) is 11.1. The molecule has 1 aliphatic heterocycles. The average molecular weight is 635 g/mol. The number of unbranched alkanes of at least 4 members (excludes halogenated alkanes) is 2. The molecule has 226 valence electrons. The fourth-order valence-corrected chi connectivity index (χ4v) is 5.81. The molecule has 7 heteroatoms. The molecule has 0 atom stereocenters. The van der Waals surface area contributed by atoms with Crippen LogP contribution in [-0.2, 0) is 28.8 Å². The molecule has 1 saturated heterocycles. The van der Waals surface area contributed by atoms with Gasteiger partial charge in [-0.1, -0.05) is 61.0 Å². The Morgan fingerprint density at radius 1 is 1.10 bits per heavy atom. The maximum absolute atomic E-state index is 9.62. The van der Waals surface area contributed by atoms with E-state index in [1.807, 2.05) is 43.3 Å². The van der Waals surface area contributed by atoms with Crippen molar-refractivity contribution in [2.75, 3.05) is 13.1 Å². The van der Waals surface area contributed by atoms with Crippen molar-refractivity contribution < 1.29 is 21.0 Å². The summed E-state index contributed by atoms with van der Waals surface area (Å²) in [5.41, 5.74) is 16.8. The molecule has 4 nitrogen and oxygen atoms in total. The maximum atomic E-state index is 9.62. The number of nitrogens with two attached hydrogens (primary N) is 1. The Labute approximate surface area is 268 Å². The van der Waals surface area contributed by atoms with Crippen LogP contribution in [0.3, 0.4) is 0 Å². The molecule has 0 spiro atoms. The van der Waals surface area contributed by atoms with Gasteiger partial charge in [-0.3, -0.25) is 0 Å². The SMILES string of the molecule is C.C/C(N)=C(/S)c1ccc(C[NH-])cc1.CC(C)(CCCC#CCCCc1cccc(O)c1Cl)C[C](=[Cr])N1CCCC1. The molecule has 0 saturated carbocycles. The van der Waals surface area contributed by atoms with Crippen LogP contribution in [0.25, 0.3) is 10.6 Å². The predicted molar refractivity (Wildman–Crippen MR) is 179 cm³/mol. The number of aryl methyl sites for hydroxylation is 1. The number of aromatic hydroxyl groups is 1. The molecule has 0 aromatic heterocycles. The number of likely N-dealkylation sites (tertiary alicyclic amines) is 1. The van der Waals surface area contributed by atoms with Crippen molar-refractivity contribution in [3.63, 3.8) is 0 Å². The van der Waals surface area contributed by atoms with Gasteiger partial charge in [-0.25, -0.2) is 0 Å². The van der Waals surface area contributed by atoms with Crippen molar-refractivity contribution in [2.45, 2.75) is 92.5 Å². The third kappa shape index (κ3) is 13.9. The Kier molecular flexibility index (Phi) is 17.7. The van der Waals surface area contributed by atoms with Gasteiger partial charge in [-0.05, 0) is 18.6 Å². The predicted octanol–water partition coefficient (Wildman–Crippen LogP) is 9.18. The number of hydrogen-bond acceptors (Lipinski definition) is 4. The molecular formula is C34H49ClCrN3OS-. The van der Waals surface area contributed by atoms with E-state index < -0.39 is 0 Å². The Hall–Kier alpha value is -1.70. The topological polar surface area (TPSA) is 73.3 Å². The molecule has 2 aromatic rings. The van der Waals surface area contributed by atoms with Crippen LogP contribution in [0, 0.1) is 17.3 Å². The molecule has 0 bridgehead atoms. The fourth-order valence-electron chi connectivity index (χ4n) is 4.54. The van der Waals surface area contributed by atoms with Crippen molar-refractivity contribution in [3.8, 4) is 17.6 Å². The van der Waals surface area contributed by atoms with Gasteiger partial charge in [-0.2, -0.15) is 0 Å². The second kappa shape index (κ2) is 19.5. The van der Waals surface area contributed by atoms with Crippen molar-refractivity contribution in [3.05, 3.63) is 75.6 Å². The molecule has 3 rings (SSSR count). The van der Waals surface area contributed by atoms with Crippen LogP contribution in [0.1, 0.15) is 96.3 Å². The van der Waals surface area contributed by atoms with Gasteiger partial charge < -0.3 is 16.6 Å². The van der Waals surface area contributed by atoms with E-state index in [4.69, 9.17) is 23.1 Å². The van der Waals surface area contributed by atoms with E-state index in [9.17, 15) is 5.11 Å². The summed E-state index contributed by atoms with van der Waals surface area (Å²) < 4.78 is 1.44. The zero-order valence-corrected chi connectivity index (χ0v) is 27.2. The summed E-state index contributed by atoms with van der Waals surface area (Å²) >= 11 is 13.7. The third-order valence-corrected chi connectivity index (χ3v) is 8.66. The number of rotatable bonds is 11. The first-order chi connectivity index (χ1) is 19.0. The molecule has 1 aliphatic rings. The Balaban J connectivity index is 0.000000505. The van der Waals surface area contributed by atoms with Gasteiger partial charge in [0.25, 0.3) is 0 Å². The first kappa shape index (κ1) is 37.3. The van der Waals surface area contributed by atoms with Crippen LogP contribution < -0.4 is 5.73 Å². The normalized spacial score (nSPS) is 13.7. The van der Waals surface area contributed by atoms with E-state index in [1.54, 1.807) is 6.07 Å². The molecule has 0 amide bonds. The summed E-state index contributed by atoms with van der Waals surface area (Å²) in [4.78, 5) is 3.32. The van der Waals surface area contributed by atoms with Gasteiger partial charge in [0, 0.05) is 10.6 Å². The first-order valence-corrected chi connectivity index (χ1v) is 15.6.